The van der Waals surface area contributed by atoms with E-state index in [1.54, 1.807) is 17.5 Å². The van der Waals surface area contributed by atoms with Crippen LogP contribution in [0, 0.1) is 11.3 Å². The molecule has 0 saturated carbocycles. The number of nitrogen functional groups attached to an aromatic ring is 1. The van der Waals surface area contributed by atoms with Crippen molar-refractivity contribution < 1.29 is 4.79 Å². The van der Waals surface area contributed by atoms with E-state index in [2.05, 4.69) is 16.4 Å². The van der Waals surface area contributed by atoms with Crippen LogP contribution in [0.25, 0.3) is 0 Å². The minimum Gasteiger partial charge on any atom is -0.375 e. The van der Waals surface area contributed by atoms with E-state index in [0.29, 0.717) is 16.4 Å². The Labute approximate surface area is 114 Å². The van der Waals surface area contributed by atoms with Crippen LogP contribution in [-0.2, 0) is 0 Å². The van der Waals surface area contributed by atoms with Crippen molar-refractivity contribution in [2.24, 2.45) is 0 Å². The first kappa shape index (κ1) is 13.1. The third-order valence-corrected chi connectivity index (χ3v) is 3.32. The number of carbonyl (C=O) groups excluding carboxylic acids is 1. The molecular weight excluding hydrogens is 260 g/mol. The Balaban J connectivity index is 2.06. The van der Waals surface area contributed by atoms with Gasteiger partial charge < -0.3 is 11.1 Å². The summed E-state index contributed by atoms with van der Waals surface area (Å²) in [7, 11) is 0. The van der Waals surface area contributed by atoms with Gasteiger partial charge in [-0.1, -0.05) is 12.1 Å². The molecule has 19 heavy (non-hydrogen) atoms. The predicted molar refractivity (Wildman–Crippen MR) is 73.6 cm³/mol. The smallest absolute Gasteiger partial charge is 0.271 e. The zero-order valence-corrected chi connectivity index (χ0v) is 11.1. The quantitative estimate of drug-likeness (QED) is 0.894. The number of rotatable bonds is 3. The lowest BCUT2D eigenvalue weighted by Gasteiger charge is -2.13. The van der Waals surface area contributed by atoms with Crippen LogP contribution in [0.5, 0.6) is 0 Å². The molecule has 0 fully saturated rings. The van der Waals surface area contributed by atoms with Crippen LogP contribution in [-0.4, -0.2) is 10.9 Å². The highest BCUT2D eigenvalue weighted by Crippen LogP contribution is 2.15. The summed E-state index contributed by atoms with van der Waals surface area (Å²) < 4.78 is 0. The normalized spacial score (nSPS) is 11.6. The molecule has 0 aliphatic carbocycles. The van der Waals surface area contributed by atoms with Crippen molar-refractivity contribution in [3.05, 3.63) is 46.5 Å². The molecule has 1 unspecified atom stereocenters. The minimum absolute atomic E-state index is 0.164. The van der Waals surface area contributed by atoms with Crippen LogP contribution >= 0.6 is 11.3 Å². The summed E-state index contributed by atoms with van der Waals surface area (Å²) in [5.74, 6) is -0.259. The maximum absolute atomic E-state index is 11.9. The van der Waals surface area contributed by atoms with E-state index in [9.17, 15) is 4.79 Å². The molecule has 0 bridgehead atoms. The van der Waals surface area contributed by atoms with Gasteiger partial charge in [-0.3, -0.25) is 4.79 Å². The second-order valence-electron chi connectivity index (χ2n) is 4.00. The number of nitrogens with two attached hydrogens (primary N) is 1. The Kier molecular flexibility index (Phi) is 3.78. The summed E-state index contributed by atoms with van der Waals surface area (Å²) in [6.45, 7) is 1.87. The van der Waals surface area contributed by atoms with Gasteiger partial charge in [0.25, 0.3) is 5.91 Å². The molecule has 0 aliphatic heterocycles. The maximum Gasteiger partial charge on any atom is 0.271 e. The number of aromatic nitrogens is 1. The number of nitrogens with zero attached hydrogens (tertiary/aromatic N) is 2. The van der Waals surface area contributed by atoms with Crippen LogP contribution < -0.4 is 11.1 Å². The summed E-state index contributed by atoms with van der Waals surface area (Å²) in [5.41, 5.74) is 7.33. The van der Waals surface area contributed by atoms with E-state index in [1.807, 2.05) is 19.1 Å². The largest absolute Gasteiger partial charge is 0.375 e. The third kappa shape index (κ3) is 3.09. The van der Waals surface area contributed by atoms with Gasteiger partial charge in [0.15, 0.2) is 5.13 Å². The van der Waals surface area contributed by atoms with Crippen molar-refractivity contribution in [3.8, 4) is 6.07 Å². The highest BCUT2D eigenvalue weighted by Gasteiger charge is 2.13. The number of nitrogens with one attached hydrogen (secondary N) is 1. The number of carbonyl (C=O) groups is 1. The van der Waals surface area contributed by atoms with E-state index >= 15 is 0 Å². The number of nitriles is 1. The molecule has 1 amide bonds. The summed E-state index contributed by atoms with van der Waals surface area (Å²) in [6.07, 6.45) is 0. The first-order chi connectivity index (χ1) is 9.10. The molecule has 2 rings (SSSR count). The van der Waals surface area contributed by atoms with Crippen LogP contribution in [0.4, 0.5) is 5.13 Å². The zero-order chi connectivity index (χ0) is 13.8. The molecule has 1 aromatic heterocycles. The minimum atomic E-state index is -0.259. The summed E-state index contributed by atoms with van der Waals surface area (Å²) in [4.78, 5) is 15.8. The molecule has 1 atom stereocenters. The maximum atomic E-state index is 11.9. The van der Waals surface area contributed by atoms with Gasteiger partial charge in [0.1, 0.15) is 5.69 Å². The van der Waals surface area contributed by atoms with E-state index in [4.69, 9.17) is 11.0 Å². The van der Waals surface area contributed by atoms with Crippen molar-refractivity contribution in [2.75, 3.05) is 5.73 Å². The zero-order valence-electron chi connectivity index (χ0n) is 10.3. The Morgan fingerprint density at radius 1 is 1.47 bits per heavy atom. The van der Waals surface area contributed by atoms with Crippen LogP contribution in [0.15, 0.2) is 29.6 Å². The number of anilines is 1. The lowest BCUT2D eigenvalue weighted by atomic mass is 10.1. The average Bonchev–Trinajstić information content (AvgIpc) is 2.85. The van der Waals surface area contributed by atoms with Gasteiger partial charge in [0, 0.05) is 5.38 Å². The van der Waals surface area contributed by atoms with Gasteiger partial charge in [-0.15, -0.1) is 11.3 Å². The highest BCUT2D eigenvalue weighted by atomic mass is 32.1. The lowest BCUT2D eigenvalue weighted by molar-refractivity contribution is 0.0935. The fraction of sp³-hybridized carbons (Fsp3) is 0.154. The Morgan fingerprint density at radius 3 is 2.68 bits per heavy atom. The number of amides is 1. The fourth-order valence-electron chi connectivity index (χ4n) is 1.59. The van der Waals surface area contributed by atoms with Gasteiger partial charge in [0.05, 0.1) is 17.7 Å². The molecule has 0 aliphatic rings. The van der Waals surface area contributed by atoms with Crippen LogP contribution in [0.3, 0.4) is 0 Å². The Morgan fingerprint density at radius 2 is 2.16 bits per heavy atom. The molecular formula is C13H12N4OS. The molecule has 1 aromatic carbocycles. The molecule has 3 N–H and O–H groups in total. The lowest BCUT2D eigenvalue weighted by Crippen LogP contribution is -2.26. The van der Waals surface area contributed by atoms with Gasteiger partial charge in [0.2, 0.25) is 0 Å². The molecule has 0 spiro atoms. The Bertz CT molecular complexity index is 627. The van der Waals surface area contributed by atoms with E-state index in [1.165, 1.54) is 11.3 Å². The Hall–Kier alpha value is -2.39. The van der Waals surface area contributed by atoms with Crippen molar-refractivity contribution in [1.82, 2.24) is 10.3 Å². The molecule has 0 radical (unpaired) electrons. The van der Waals surface area contributed by atoms with E-state index < -0.39 is 0 Å². The number of benzene rings is 1. The molecule has 1 heterocycles. The summed E-state index contributed by atoms with van der Waals surface area (Å²) in [5, 5.41) is 13.5. The first-order valence-electron chi connectivity index (χ1n) is 5.62. The number of hydrogen-bond donors (Lipinski definition) is 2. The van der Waals surface area contributed by atoms with Gasteiger partial charge in [-0.05, 0) is 24.6 Å². The van der Waals surface area contributed by atoms with E-state index in [-0.39, 0.29) is 11.9 Å². The topological polar surface area (TPSA) is 91.8 Å². The second kappa shape index (κ2) is 5.50. The molecule has 5 nitrogen and oxygen atoms in total. The number of hydrogen-bond acceptors (Lipinski definition) is 5. The third-order valence-electron chi connectivity index (χ3n) is 2.64. The van der Waals surface area contributed by atoms with Crippen molar-refractivity contribution in [3.63, 3.8) is 0 Å². The van der Waals surface area contributed by atoms with Gasteiger partial charge >= 0.3 is 0 Å². The first-order valence-corrected chi connectivity index (χ1v) is 6.50. The highest BCUT2D eigenvalue weighted by molar-refractivity contribution is 7.13. The molecule has 6 heteroatoms. The van der Waals surface area contributed by atoms with Crippen LogP contribution in [0.1, 0.15) is 34.6 Å². The standard InChI is InChI=1S/C13H12N4OS/c1-8(10-4-2-9(6-14)3-5-10)16-12(18)11-7-19-13(15)17-11/h2-5,7-8H,1H3,(H2,15,17)(H,16,18). The average molecular weight is 272 g/mol. The molecule has 96 valence electrons. The van der Waals surface area contributed by atoms with E-state index in [0.717, 1.165) is 5.56 Å². The van der Waals surface area contributed by atoms with Crippen molar-refractivity contribution >= 4 is 22.4 Å². The molecule has 2 aromatic rings. The monoisotopic (exact) mass is 272 g/mol. The van der Waals surface area contributed by atoms with Gasteiger partial charge in [-0.25, -0.2) is 4.98 Å². The van der Waals surface area contributed by atoms with Crippen molar-refractivity contribution in [2.45, 2.75) is 13.0 Å². The summed E-state index contributed by atoms with van der Waals surface area (Å²) >= 11 is 1.23. The number of thiazole rings is 1. The SMILES string of the molecule is CC(NC(=O)c1csc(N)n1)c1ccc(C#N)cc1. The van der Waals surface area contributed by atoms with Crippen LogP contribution in [0.2, 0.25) is 0 Å². The molecule has 0 saturated heterocycles. The summed E-state index contributed by atoms with van der Waals surface area (Å²) in [6, 6.07) is 8.97. The fourth-order valence-corrected chi connectivity index (χ4v) is 2.14. The second-order valence-corrected chi connectivity index (χ2v) is 4.89. The van der Waals surface area contributed by atoms with Crippen molar-refractivity contribution in [1.29, 1.82) is 5.26 Å². The predicted octanol–water partition coefficient (Wildman–Crippen LogP) is 2.09. The van der Waals surface area contributed by atoms with Gasteiger partial charge in [-0.2, -0.15) is 5.26 Å².